The van der Waals surface area contributed by atoms with Crippen LogP contribution in [-0.4, -0.2) is 17.8 Å². The van der Waals surface area contributed by atoms with Crippen molar-refractivity contribution in [3.63, 3.8) is 0 Å². The first-order chi connectivity index (χ1) is 17.5. The molecule has 0 radical (unpaired) electrons. The van der Waals surface area contributed by atoms with E-state index in [0.717, 1.165) is 11.1 Å². The molecular weight excluding hydrogens is 466 g/mol. The Labute approximate surface area is 215 Å². The molecule has 4 N–H and O–H groups in total. The number of ether oxygens (including phenoxy) is 1. The lowest BCUT2D eigenvalue weighted by atomic mass is 10.00. The number of carbonyl (C=O) groups is 1. The minimum Gasteiger partial charge on any atom is -0.456 e. The summed E-state index contributed by atoms with van der Waals surface area (Å²) in [5.41, 5.74) is 9.98. The van der Waals surface area contributed by atoms with E-state index >= 15 is 0 Å². The quantitative estimate of drug-likeness (QED) is 0.159. The van der Waals surface area contributed by atoms with Gasteiger partial charge in [0.15, 0.2) is 5.43 Å². The fourth-order valence-electron chi connectivity index (χ4n) is 4.18. The summed E-state index contributed by atoms with van der Waals surface area (Å²) >= 11 is 0. The number of benzene rings is 3. The summed E-state index contributed by atoms with van der Waals surface area (Å²) < 4.78 is 11.9. The van der Waals surface area contributed by atoms with Crippen molar-refractivity contribution >= 4 is 34.5 Å². The van der Waals surface area contributed by atoms with Gasteiger partial charge < -0.3 is 25.6 Å². The lowest BCUT2D eigenvalue weighted by Gasteiger charge is -2.22. The lowest BCUT2D eigenvalue weighted by molar-refractivity contribution is 0.00706. The predicted molar refractivity (Wildman–Crippen MR) is 149 cm³/mol. The van der Waals surface area contributed by atoms with Gasteiger partial charge in [0.2, 0.25) is 0 Å². The smallest absolute Gasteiger partial charge is 0.340 e. The van der Waals surface area contributed by atoms with E-state index in [9.17, 15) is 9.59 Å². The summed E-state index contributed by atoms with van der Waals surface area (Å²) in [6.07, 6.45) is 1.17. The molecule has 4 rings (SSSR count). The van der Waals surface area contributed by atoms with Crippen molar-refractivity contribution in [2.24, 2.45) is 0 Å². The van der Waals surface area contributed by atoms with E-state index in [1.54, 1.807) is 30.3 Å². The molecule has 4 aromatic rings. The van der Waals surface area contributed by atoms with Gasteiger partial charge in [0.05, 0.1) is 17.0 Å². The third-order valence-electron chi connectivity index (χ3n) is 5.91. The number of para-hydroxylation sites is 1. The highest BCUT2D eigenvalue weighted by Crippen LogP contribution is 2.32. The average molecular weight is 498 g/mol. The molecule has 0 aliphatic carbocycles. The van der Waals surface area contributed by atoms with Gasteiger partial charge in [0.1, 0.15) is 16.9 Å². The van der Waals surface area contributed by atoms with Crippen LogP contribution in [0.5, 0.6) is 0 Å². The molecule has 0 aliphatic heterocycles. The van der Waals surface area contributed by atoms with Crippen LogP contribution in [-0.2, 0) is 4.74 Å². The first-order valence-corrected chi connectivity index (χ1v) is 12.0. The number of nitrogens with one attached hydrogen (secondary N) is 2. The Kier molecular flexibility index (Phi) is 6.90. The number of carbonyl (C=O) groups excluding carboxylic acids is 1. The number of nitrogens with two attached hydrogens (primary N) is 1. The van der Waals surface area contributed by atoms with E-state index in [4.69, 9.17) is 20.3 Å². The van der Waals surface area contributed by atoms with Crippen LogP contribution in [0.15, 0.2) is 69.9 Å². The van der Waals surface area contributed by atoms with Gasteiger partial charge in [-0.05, 0) is 76.6 Å². The Morgan fingerprint density at radius 1 is 1.11 bits per heavy atom. The van der Waals surface area contributed by atoms with Crippen LogP contribution in [0.1, 0.15) is 60.8 Å². The first kappa shape index (κ1) is 25.7. The number of hydrogen-bond acceptors (Lipinski definition) is 7. The van der Waals surface area contributed by atoms with Gasteiger partial charge in [-0.1, -0.05) is 18.2 Å². The molecule has 1 atom stereocenters. The summed E-state index contributed by atoms with van der Waals surface area (Å²) in [6, 6.07) is 17.3. The van der Waals surface area contributed by atoms with Crippen molar-refractivity contribution in [2.75, 3.05) is 11.1 Å². The molecule has 1 unspecified atom stereocenters. The van der Waals surface area contributed by atoms with E-state index in [-0.39, 0.29) is 11.5 Å². The van der Waals surface area contributed by atoms with Crippen molar-refractivity contribution in [3.8, 4) is 11.3 Å². The summed E-state index contributed by atoms with van der Waals surface area (Å²) in [5.74, 6) is -0.0388. The molecule has 3 aromatic carbocycles. The maximum atomic E-state index is 13.1. The number of esters is 1. The molecule has 7 heteroatoms. The highest BCUT2D eigenvalue weighted by molar-refractivity contribution is 5.96. The third kappa shape index (κ3) is 5.56. The van der Waals surface area contributed by atoms with Crippen LogP contribution >= 0.6 is 0 Å². The molecule has 0 bridgehead atoms. The summed E-state index contributed by atoms with van der Waals surface area (Å²) in [5, 5.41) is 11.5. The topological polar surface area (TPSA) is 118 Å². The number of anilines is 2. The van der Waals surface area contributed by atoms with Crippen molar-refractivity contribution in [2.45, 2.75) is 46.3 Å². The fraction of sp³-hybridized carbons (Fsp3) is 0.233. The molecule has 1 heterocycles. The van der Waals surface area contributed by atoms with Crippen LogP contribution < -0.4 is 16.5 Å². The second kappa shape index (κ2) is 9.93. The van der Waals surface area contributed by atoms with Crippen LogP contribution in [0, 0.1) is 12.3 Å². The molecule has 0 fully saturated rings. The molecule has 37 heavy (non-hydrogen) atoms. The molecule has 0 aliphatic rings. The van der Waals surface area contributed by atoms with Crippen LogP contribution in [0.4, 0.5) is 11.4 Å². The minimum absolute atomic E-state index is 0.171. The largest absolute Gasteiger partial charge is 0.456 e. The van der Waals surface area contributed by atoms with E-state index in [1.165, 1.54) is 12.3 Å². The van der Waals surface area contributed by atoms with Crippen LogP contribution in [0.3, 0.4) is 0 Å². The van der Waals surface area contributed by atoms with Crippen molar-refractivity contribution in [1.29, 1.82) is 5.41 Å². The minimum atomic E-state index is -0.623. The van der Waals surface area contributed by atoms with Gasteiger partial charge in [-0.15, -0.1) is 0 Å². The Bertz CT molecular complexity index is 1560. The second-order valence-electron chi connectivity index (χ2n) is 10.1. The SMILES string of the molecule is Cc1cc(C(C)Nc2ccccc2C(=O)OC(C)(C)C)c2oc(-c3ccc(N)c(C=N)c3)cc(=O)c2c1. The lowest BCUT2D eigenvalue weighted by Crippen LogP contribution is -2.24. The zero-order valence-corrected chi connectivity index (χ0v) is 21.6. The van der Waals surface area contributed by atoms with Gasteiger partial charge >= 0.3 is 5.97 Å². The van der Waals surface area contributed by atoms with Gasteiger partial charge in [0.25, 0.3) is 0 Å². The Morgan fingerprint density at radius 2 is 1.84 bits per heavy atom. The second-order valence-corrected chi connectivity index (χ2v) is 10.1. The Morgan fingerprint density at radius 3 is 2.54 bits per heavy atom. The van der Waals surface area contributed by atoms with E-state index in [1.807, 2.05) is 58.9 Å². The number of hydrogen-bond donors (Lipinski definition) is 3. The predicted octanol–water partition coefficient (Wildman–Crippen LogP) is 6.48. The number of rotatable bonds is 6. The number of aryl methyl sites for hydroxylation is 1. The average Bonchev–Trinajstić information content (AvgIpc) is 2.83. The van der Waals surface area contributed by atoms with E-state index in [0.29, 0.717) is 44.8 Å². The zero-order chi connectivity index (χ0) is 26.9. The van der Waals surface area contributed by atoms with E-state index in [2.05, 4.69) is 5.32 Å². The summed E-state index contributed by atoms with van der Waals surface area (Å²) in [7, 11) is 0. The summed E-state index contributed by atoms with van der Waals surface area (Å²) in [4.78, 5) is 26.0. The highest BCUT2D eigenvalue weighted by Gasteiger charge is 2.22. The summed E-state index contributed by atoms with van der Waals surface area (Å²) in [6.45, 7) is 9.35. The molecule has 0 spiro atoms. The number of nitrogen functional groups attached to an aromatic ring is 1. The molecule has 0 saturated heterocycles. The van der Waals surface area contributed by atoms with Gasteiger partial charge in [0, 0.05) is 40.3 Å². The van der Waals surface area contributed by atoms with Gasteiger partial charge in [-0.3, -0.25) is 4.79 Å². The molecule has 0 saturated carbocycles. The normalized spacial score (nSPS) is 12.2. The van der Waals surface area contributed by atoms with Crippen LogP contribution in [0.25, 0.3) is 22.3 Å². The third-order valence-corrected chi connectivity index (χ3v) is 5.91. The fourth-order valence-corrected chi connectivity index (χ4v) is 4.18. The molecule has 1 aromatic heterocycles. The maximum Gasteiger partial charge on any atom is 0.340 e. The monoisotopic (exact) mass is 497 g/mol. The van der Waals surface area contributed by atoms with E-state index < -0.39 is 11.6 Å². The van der Waals surface area contributed by atoms with Crippen molar-refractivity contribution < 1.29 is 13.9 Å². The van der Waals surface area contributed by atoms with Gasteiger partial charge in [-0.2, -0.15) is 0 Å². The number of fused-ring (bicyclic) bond motifs is 1. The zero-order valence-electron chi connectivity index (χ0n) is 21.6. The molecule has 0 amide bonds. The van der Waals surface area contributed by atoms with Crippen LogP contribution in [0.2, 0.25) is 0 Å². The standard InChI is InChI=1S/C30H31N3O4/c1-17-12-22(18(2)33-25-9-7-6-8-21(25)29(35)37-30(3,4)5)28-23(13-17)26(34)15-27(36-28)19-10-11-24(32)20(14-19)16-31/h6-16,18,31,33H,32H2,1-5H3. The first-order valence-electron chi connectivity index (χ1n) is 12.0. The molecular formula is C30H31N3O4. The maximum absolute atomic E-state index is 13.1. The van der Waals surface area contributed by atoms with Gasteiger partial charge in [-0.25, -0.2) is 4.79 Å². The van der Waals surface area contributed by atoms with Crippen molar-refractivity contribution in [1.82, 2.24) is 0 Å². The molecule has 7 nitrogen and oxygen atoms in total. The Hall–Kier alpha value is -4.39. The highest BCUT2D eigenvalue weighted by atomic mass is 16.6. The Balaban J connectivity index is 1.79. The van der Waals surface area contributed by atoms with Crippen molar-refractivity contribution in [3.05, 3.63) is 93.1 Å². The molecule has 190 valence electrons.